The van der Waals surface area contributed by atoms with Gasteiger partial charge in [0.1, 0.15) is 5.75 Å². The van der Waals surface area contributed by atoms with Crippen molar-refractivity contribution in [3.8, 4) is 5.75 Å². The van der Waals surface area contributed by atoms with E-state index in [4.69, 9.17) is 10.5 Å². The van der Waals surface area contributed by atoms with Crippen molar-refractivity contribution in [1.82, 2.24) is 0 Å². The van der Waals surface area contributed by atoms with Crippen LogP contribution in [0.25, 0.3) is 0 Å². The number of nitrogen functional groups attached to an aromatic ring is 1. The molecule has 2 rings (SSSR count). The van der Waals surface area contributed by atoms with Crippen molar-refractivity contribution < 1.29 is 9.84 Å². The summed E-state index contributed by atoms with van der Waals surface area (Å²) in [6.07, 6.45) is -0.0272. The van der Waals surface area contributed by atoms with Crippen LogP contribution in [0.1, 0.15) is 17.2 Å². The zero-order valence-corrected chi connectivity index (χ0v) is 10.4. The number of hydrogen-bond acceptors (Lipinski definition) is 4. The van der Waals surface area contributed by atoms with Gasteiger partial charge in [-0.2, -0.15) is 11.3 Å². The molecule has 3 nitrogen and oxygen atoms in total. The first-order valence-corrected chi connectivity index (χ1v) is 6.28. The largest absolute Gasteiger partial charge is 0.495 e. The second-order valence-corrected chi connectivity index (χ2v) is 4.59. The van der Waals surface area contributed by atoms with Crippen LogP contribution in [0, 0.1) is 0 Å². The van der Waals surface area contributed by atoms with E-state index < -0.39 is 6.10 Å². The molecular weight excluding hydrogens is 234 g/mol. The molecule has 90 valence electrons. The van der Waals surface area contributed by atoms with Crippen LogP contribution in [0.3, 0.4) is 0 Å². The topological polar surface area (TPSA) is 55.5 Å². The minimum absolute atomic E-state index is 0.512. The lowest BCUT2D eigenvalue weighted by atomic mass is 10.0. The average molecular weight is 249 g/mol. The highest BCUT2D eigenvalue weighted by atomic mass is 32.1. The van der Waals surface area contributed by atoms with E-state index in [2.05, 4.69) is 0 Å². The van der Waals surface area contributed by atoms with E-state index in [1.165, 1.54) is 0 Å². The van der Waals surface area contributed by atoms with Crippen molar-refractivity contribution >= 4 is 17.0 Å². The van der Waals surface area contributed by atoms with Gasteiger partial charge in [-0.3, -0.25) is 0 Å². The van der Waals surface area contributed by atoms with Crippen LogP contribution in [-0.2, 0) is 6.42 Å². The monoisotopic (exact) mass is 249 g/mol. The highest BCUT2D eigenvalue weighted by molar-refractivity contribution is 7.07. The smallest absolute Gasteiger partial charge is 0.142 e. The van der Waals surface area contributed by atoms with E-state index in [0.29, 0.717) is 17.9 Å². The molecule has 0 aliphatic carbocycles. The van der Waals surface area contributed by atoms with Gasteiger partial charge in [-0.1, -0.05) is 12.1 Å². The van der Waals surface area contributed by atoms with Crippen molar-refractivity contribution in [3.05, 3.63) is 46.2 Å². The Balaban J connectivity index is 2.22. The van der Waals surface area contributed by atoms with Crippen LogP contribution < -0.4 is 10.5 Å². The van der Waals surface area contributed by atoms with Crippen LogP contribution >= 0.6 is 11.3 Å². The number of anilines is 1. The zero-order chi connectivity index (χ0) is 12.3. The van der Waals surface area contributed by atoms with Crippen LogP contribution in [-0.4, -0.2) is 12.2 Å². The summed E-state index contributed by atoms with van der Waals surface area (Å²) in [7, 11) is 1.57. The Morgan fingerprint density at radius 2 is 2.24 bits per heavy atom. The molecule has 1 aromatic carbocycles. The van der Waals surface area contributed by atoms with Crippen molar-refractivity contribution in [2.45, 2.75) is 12.5 Å². The minimum Gasteiger partial charge on any atom is -0.495 e. The van der Waals surface area contributed by atoms with E-state index in [1.54, 1.807) is 24.5 Å². The lowest BCUT2D eigenvalue weighted by Gasteiger charge is -2.15. The summed E-state index contributed by atoms with van der Waals surface area (Å²) in [5.74, 6) is 0.604. The second kappa shape index (κ2) is 5.21. The van der Waals surface area contributed by atoms with Gasteiger partial charge in [-0.15, -0.1) is 0 Å². The highest BCUT2D eigenvalue weighted by Crippen LogP contribution is 2.31. The summed E-state index contributed by atoms with van der Waals surface area (Å²) in [4.78, 5) is 0. The standard InChI is InChI=1S/C13H15NO2S/c1-16-12-4-2-3-10(13(12)14)11(15)7-9-5-6-17-8-9/h2-6,8,11,15H,7,14H2,1H3. The summed E-state index contributed by atoms with van der Waals surface area (Å²) in [5.41, 5.74) is 8.29. The first-order valence-electron chi connectivity index (χ1n) is 5.34. The Hall–Kier alpha value is -1.52. The minimum atomic E-state index is -0.598. The molecule has 1 aromatic heterocycles. The molecule has 1 heterocycles. The molecule has 2 aromatic rings. The quantitative estimate of drug-likeness (QED) is 0.819. The number of rotatable bonds is 4. The Bertz CT molecular complexity index is 482. The van der Waals surface area contributed by atoms with Crippen LogP contribution in [0.4, 0.5) is 5.69 Å². The summed E-state index contributed by atoms with van der Waals surface area (Å²) < 4.78 is 5.14. The third-order valence-corrected chi connectivity index (χ3v) is 3.42. The third kappa shape index (κ3) is 2.60. The highest BCUT2D eigenvalue weighted by Gasteiger charge is 2.14. The Labute approximate surface area is 104 Å². The van der Waals surface area contributed by atoms with Crippen LogP contribution in [0.2, 0.25) is 0 Å². The van der Waals surface area contributed by atoms with E-state index >= 15 is 0 Å². The maximum absolute atomic E-state index is 10.2. The lowest BCUT2D eigenvalue weighted by Crippen LogP contribution is -2.06. The van der Waals surface area contributed by atoms with Crippen molar-refractivity contribution in [2.75, 3.05) is 12.8 Å². The fraction of sp³-hybridized carbons (Fsp3) is 0.231. The zero-order valence-electron chi connectivity index (χ0n) is 9.59. The molecule has 0 aliphatic heterocycles. The van der Waals surface area contributed by atoms with Gasteiger partial charge in [-0.05, 0) is 28.5 Å². The molecule has 3 N–H and O–H groups in total. The predicted octanol–water partition coefficient (Wildman–Crippen LogP) is 2.62. The molecule has 1 atom stereocenters. The first kappa shape index (κ1) is 12.0. The van der Waals surface area contributed by atoms with Crippen LogP contribution in [0.15, 0.2) is 35.0 Å². The number of benzene rings is 1. The number of nitrogens with two attached hydrogens (primary N) is 1. The molecule has 1 unspecified atom stereocenters. The number of thiophene rings is 1. The van der Waals surface area contributed by atoms with Crippen LogP contribution in [0.5, 0.6) is 5.75 Å². The van der Waals surface area contributed by atoms with E-state index in [9.17, 15) is 5.11 Å². The third-order valence-electron chi connectivity index (χ3n) is 2.69. The van der Waals surface area contributed by atoms with Gasteiger partial charge in [0, 0.05) is 12.0 Å². The second-order valence-electron chi connectivity index (χ2n) is 3.81. The number of aliphatic hydroxyl groups is 1. The normalized spacial score (nSPS) is 12.4. The Morgan fingerprint density at radius 1 is 1.41 bits per heavy atom. The maximum Gasteiger partial charge on any atom is 0.142 e. The fourth-order valence-corrected chi connectivity index (χ4v) is 2.45. The predicted molar refractivity (Wildman–Crippen MR) is 70.4 cm³/mol. The molecule has 17 heavy (non-hydrogen) atoms. The molecular formula is C13H15NO2S. The van der Waals surface area contributed by atoms with E-state index in [-0.39, 0.29) is 0 Å². The van der Waals surface area contributed by atoms with Crippen molar-refractivity contribution in [3.63, 3.8) is 0 Å². The molecule has 0 amide bonds. The summed E-state index contributed by atoms with van der Waals surface area (Å²) in [5, 5.41) is 14.2. The molecule has 0 saturated heterocycles. The van der Waals surface area contributed by atoms with Crippen molar-refractivity contribution in [2.24, 2.45) is 0 Å². The molecule has 0 aliphatic rings. The average Bonchev–Trinajstić information content (AvgIpc) is 2.82. The molecule has 0 bridgehead atoms. The number of methoxy groups -OCH3 is 1. The molecule has 0 fully saturated rings. The summed E-state index contributed by atoms with van der Waals surface area (Å²) in [6, 6.07) is 7.46. The number of para-hydroxylation sites is 1. The summed E-state index contributed by atoms with van der Waals surface area (Å²) >= 11 is 1.62. The van der Waals surface area contributed by atoms with Gasteiger partial charge >= 0.3 is 0 Å². The van der Waals surface area contributed by atoms with Gasteiger partial charge < -0.3 is 15.6 Å². The summed E-state index contributed by atoms with van der Waals surface area (Å²) in [6.45, 7) is 0. The maximum atomic E-state index is 10.2. The van der Waals surface area contributed by atoms with Gasteiger partial charge in [0.15, 0.2) is 0 Å². The van der Waals surface area contributed by atoms with E-state index in [0.717, 1.165) is 11.1 Å². The Kier molecular flexibility index (Phi) is 3.66. The van der Waals surface area contributed by atoms with Gasteiger partial charge in [0.05, 0.1) is 18.9 Å². The number of hydrogen-bond donors (Lipinski definition) is 2. The molecule has 4 heteroatoms. The van der Waals surface area contributed by atoms with Gasteiger partial charge in [0.2, 0.25) is 0 Å². The van der Waals surface area contributed by atoms with Gasteiger partial charge in [-0.25, -0.2) is 0 Å². The Morgan fingerprint density at radius 3 is 2.88 bits per heavy atom. The number of ether oxygens (including phenoxy) is 1. The first-order chi connectivity index (χ1) is 8.22. The SMILES string of the molecule is COc1cccc(C(O)Cc2ccsc2)c1N. The van der Waals surface area contributed by atoms with Crippen molar-refractivity contribution in [1.29, 1.82) is 0 Å². The molecule has 0 radical (unpaired) electrons. The van der Waals surface area contributed by atoms with E-state index in [1.807, 2.05) is 29.0 Å². The fourth-order valence-electron chi connectivity index (χ4n) is 1.77. The molecule has 0 spiro atoms. The van der Waals surface area contributed by atoms with Gasteiger partial charge in [0.25, 0.3) is 0 Å². The lowest BCUT2D eigenvalue weighted by molar-refractivity contribution is 0.179. The molecule has 0 saturated carbocycles. The number of aliphatic hydroxyl groups excluding tert-OH is 1.